The Kier molecular flexibility index (Phi) is 3.94. The number of rotatable bonds is 4. The van der Waals surface area contributed by atoms with E-state index in [9.17, 15) is 4.79 Å². The van der Waals surface area contributed by atoms with Gasteiger partial charge in [0, 0.05) is 11.5 Å². The van der Waals surface area contributed by atoms with Gasteiger partial charge in [0.25, 0.3) is 0 Å². The number of aryl methyl sites for hydroxylation is 1. The summed E-state index contributed by atoms with van der Waals surface area (Å²) >= 11 is 0. The van der Waals surface area contributed by atoms with Crippen LogP contribution in [0.3, 0.4) is 0 Å². The van der Waals surface area contributed by atoms with E-state index in [-0.39, 0.29) is 18.4 Å². The van der Waals surface area contributed by atoms with E-state index >= 15 is 0 Å². The number of carbonyl (C=O) groups is 1. The first kappa shape index (κ1) is 13.3. The minimum atomic E-state index is -0.0560. The molecule has 5 heteroatoms. The second kappa shape index (κ2) is 5.65. The maximum absolute atomic E-state index is 11.4. The molecule has 1 heterocycles. The second-order valence-electron chi connectivity index (χ2n) is 4.75. The third-order valence-corrected chi connectivity index (χ3v) is 2.72. The van der Waals surface area contributed by atoms with Crippen LogP contribution in [0.15, 0.2) is 28.8 Å². The molecule has 1 aromatic carbocycles. The molecule has 0 aliphatic rings. The maximum atomic E-state index is 11.4. The number of aromatic nitrogens is 2. The Morgan fingerprint density at radius 1 is 1.32 bits per heavy atom. The molecule has 0 aliphatic carbocycles. The zero-order valence-corrected chi connectivity index (χ0v) is 11.3. The average molecular weight is 259 g/mol. The summed E-state index contributed by atoms with van der Waals surface area (Å²) in [7, 11) is 0. The molecule has 1 N–H and O–H groups in total. The van der Waals surface area contributed by atoms with Gasteiger partial charge in [-0.05, 0) is 6.92 Å². The molecule has 0 unspecified atom stereocenters. The van der Waals surface area contributed by atoms with Crippen LogP contribution in [0.25, 0.3) is 11.4 Å². The first-order valence-electron chi connectivity index (χ1n) is 6.23. The third kappa shape index (κ3) is 3.40. The van der Waals surface area contributed by atoms with E-state index in [4.69, 9.17) is 4.52 Å². The number of benzene rings is 1. The highest BCUT2D eigenvalue weighted by Gasteiger charge is 2.11. The van der Waals surface area contributed by atoms with E-state index in [1.54, 1.807) is 0 Å². The van der Waals surface area contributed by atoms with Crippen LogP contribution in [0.2, 0.25) is 0 Å². The Bertz CT molecular complexity index is 558. The van der Waals surface area contributed by atoms with Crippen molar-refractivity contribution in [2.45, 2.75) is 27.3 Å². The van der Waals surface area contributed by atoms with Gasteiger partial charge >= 0.3 is 0 Å². The third-order valence-electron chi connectivity index (χ3n) is 2.72. The van der Waals surface area contributed by atoms with Crippen LogP contribution in [-0.2, 0) is 11.3 Å². The predicted molar refractivity (Wildman–Crippen MR) is 71.2 cm³/mol. The van der Waals surface area contributed by atoms with Gasteiger partial charge in [0.15, 0.2) is 0 Å². The SMILES string of the molecule is Cc1ccc(-c2noc(CNC(=O)C(C)C)n2)cc1. The van der Waals surface area contributed by atoms with Crippen molar-refractivity contribution in [3.63, 3.8) is 0 Å². The van der Waals surface area contributed by atoms with Crippen molar-refractivity contribution in [1.29, 1.82) is 0 Å². The molecule has 1 aromatic heterocycles. The molecule has 2 aromatic rings. The van der Waals surface area contributed by atoms with Crippen LogP contribution < -0.4 is 5.32 Å². The molecule has 0 spiro atoms. The van der Waals surface area contributed by atoms with Crippen LogP contribution in [-0.4, -0.2) is 16.0 Å². The quantitative estimate of drug-likeness (QED) is 0.914. The largest absolute Gasteiger partial charge is 0.347 e. The van der Waals surface area contributed by atoms with E-state index < -0.39 is 0 Å². The van der Waals surface area contributed by atoms with E-state index in [0.29, 0.717) is 11.7 Å². The van der Waals surface area contributed by atoms with Gasteiger partial charge in [-0.1, -0.05) is 48.8 Å². The second-order valence-corrected chi connectivity index (χ2v) is 4.75. The van der Waals surface area contributed by atoms with Crippen LogP contribution in [0.1, 0.15) is 25.3 Å². The number of hydrogen-bond acceptors (Lipinski definition) is 4. The molecule has 0 saturated carbocycles. The Balaban J connectivity index is 2.03. The molecule has 19 heavy (non-hydrogen) atoms. The normalized spacial score (nSPS) is 10.7. The van der Waals surface area contributed by atoms with E-state index in [1.165, 1.54) is 5.56 Å². The summed E-state index contributed by atoms with van der Waals surface area (Å²) in [5.41, 5.74) is 2.08. The molecule has 0 fully saturated rings. The zero-order chi connectivity index (χ0) is 13.8. The highest BCUT2D eigenvalue weighted by Crippen LogP contribution is 2.16. The zero-order valence-electron chi connectivity index (χ0n) is 11.3. The summed E-state index contributed by atoms with van der Waals surface area (Å²) in [6, 6.07) is 7.87. The van der Waals surface area contributed by atoms with Crippen molar-refractivity contribution in [2.75, 3.05) is 0 Å². The average Bonchev–Trinajstić information content (AvgIpc) is 2.85. The van der Waals surface area contributed by atoms with E-state index in [1.807, 2.05) is 45.0 Å². The topological polar surface area (TPSA) is 68.0 Å². The molecule has 2 rings (SSSR count). The van der Waals surface area contributed by atoms with E-state index in [0.717, 1.165) is 5.56 Å². The number of amides is 1. The fourth-order valence-corrected chi connectivity index (χ4v) is 1.51. The molecule has 100 valence electrons. The molecular weight excluding hydrogens is 242 g/mol. The van der Waals surface area contributed by atoms with Crippen molar-refractivity contribution in [3.8, 4) is 11.4 Å². The number of nitrogens with zero attached hydrogens (tertiary/aromatic N) is 2. The fraction of sp³-hybridized carbons (Fsp3) is 0.357. The fourth-order valence-electron chi connectivity index (χ4n) is 1.51. The summed E-state index contributed by atoms with van der Waals surface area (Å²) in [5.74, 6) is 0.855. The van der Waals surface area contributed by atoms with Crippen LogP contribution in [0.5, 0.6) is 0 Å². The number of carbonyl (C=O) groups excluding carboxylic acids is 1. The van der Waals surface area contributed by atoms with Gasteiger partial charge in [0.05, 0.1) is 6.54 Å². The Labute approximate surface area is 112 Å². The standard InChI is InChI=1S/C14H17N3O2/c1-9(2)14(18)15-8-12-16-13(17-19-12)11-6-4-10(3)5-7-11/h4-7,9H,8H2,1-3H3,(H,15,18). The van der Waals surface area contributed by atoms with Crippen molar-refractivity contribution in [1.82, 2.24) is 15.5 Å². The van der Waals surface area contributed by atoms with Gasteiger partial charge in [-0.25, -0.2) is 0 Å². The lowest BCUT2D eigenvalue weighted by molar-refractivity contribution is -0.124. The summed E-state index contributed by atoms with van der Waals surface area (Å²) in [5, 5.41) is 6.64. The van der Waals surface area contributed by atoms with Gasteiger partial charge in [-0.3, -0.25) is 4.79 Å². The van der Waals surface area contributed by atoms with Crippen LogP contribution >= 0.6 is 0 Å². The Morgan fingerprint density at radius 2 is 2.00 bits per heavy atom. The van der Waals surface area contributed by atoms with Gasteiger partial charge in [0.1, 0.15) is 0 Å². The van der Waals surface area contributed by atoms with Crippen LogP contribution in [0, 0.1) is 12.8 Å². The maximum Gasteiger partial charge on any atom is 0.246 e. The Morgan fingerprint density at radius 3 is 2.63 bits per heavy atom. The Hall–Kier alpha value is -2.17. The monoisotopic (exact) mass is 259 g/mol. The lowest BCUT2D eigenvalue weighted by atomic mass is 10.1. The molecule has 0 saturated heterocycles. The van der Waals surface area contributed by atoms with Gasteiger partial charge in [0.2, 0.25) is 17.6 Å². The summed E-state index contributed by atoms with van der Waals surface area (Å²) in [4.78, 5) is 15.7. The molecule has 0 aliphatic heterocycles. The minimum absolute atomic E-state index is 0.0323. The van der Waals surface area contributed by atoms with Gasteiger partial charge in [-0.2, -0.15) is 4.98 Å². The first-order chi connectivity index (χ1) is 9.06. The van der Waals surface area contributed by atoms with Crippen LogP contribution in [0.4, 0.5) is 0 Å². The van der Waals surface area contributed by atoms with Gasteiger partial charge < -0.3 is 9.84 Å². The summed E-state index contributed by atoms with van der Waals surface area (Å²) in [6.07, 6.45) is 0. The smallest absolute Gasteiger partial charge is 0.246 e. The molecular formula is C14H17N3O2. The van der Waals surface area contributed by atoms with Crippen molar-refractivity contribution >= 4 is 5.91 Å². The highest BCUT2D eigenvalue weighted by molar-refractivity contribution is 5.77. The number of hydrogen-bond donors (Lipinski definition) is 1. The van der Waals surface area contributed by atoms with Crippen molar-refractivity contribution in [3.05, 3.63) is 35.7 Å². The number of nitrogens with one attached hydrogen (secondary N) is 1. The van der Waals surface area contributed by atoms with Crippen molar-refractivity contribution in [2.24, 2.45) is 5.92 Å². The minimum Gasteiger partial charge on any atom is -0.347 e. The molecule has 0 bridgehead atoms. The molecule has 1 amide bonds. The molecule has 5 nitrogen and oxygen atoms in total. The summed E-state index contributed by atoms with van der Waals surface area (Å²) in [6.45, 7) is 5.95. The lowest BCUT2D eigenvalue weighted by Gasteiger charge is -2.03. The van der Waals surface area contributed by atoms with Crippen molar-refractivity contribution < 1.29 is 9.32 Å². The summed E-state index contributed by atoms with van der Waals surface area (Å²) < 4.78 is 5.10. The lowest BCUT2D eigenvalue weighted by Crippen LogP contribution is -2.27. The molecule has 0 atom stereocenters. The predicted octanol–water partition coefficient (Wildman–Crippen LogP) is 2.32. The first-order valence-corrected chi connectivity index (χ1v) is 6.23. The molecule has 0 radical (unpaired) electrons. The highest BCUT2D eigenvalue weighted by atomic mass is 16.5. The van der Waals surface area contributed by atoms with Gasteiger partial charge in [-0.15, -0.1) is 0 Å². The van der Waals surface area contributed by atoms with E-state index in [2.05, 4.69) is 15.5 Å².